The Bertz CT molecular complexity index is 4340. The van der Waals surface area contributed by atoms with Gasteiger partial charge in [-0.25, -0.2) is 18.5 Å². The van der Waals surface area contributed by atoms with E-state index >= 15 is 0 Å². The maximum Gasteiger partial charge on any atom is 0.490 e. The molecule has 32 nitrogen and oxygen atoms in total. The van der Waals surface area contributed by atoms with E-state index in [1.807, 2.05) is 13.8 Å². The smallest absolute Gasteiger partial charge is 0.466 e. The zero-order valence-electron chi connectivity index (χ0n) is 65.1. The highest BCUT2D eigenvalue weighted by atomic mass is 33.1. The molecule has 624 valence electrons. The number of rotatable bonds is 43. The second-order valence-electron chi connectivity index (χ2n) is 27.5. The summed E-state index contributed by atoms with van der Waals surface area (Å²) < 4.78 is 116. The van der Waals surface area contributed by atoms with Crippen LogP contribution in [0.1, 0.15) is 162 Å². The molecule has 1 saturated heterocycles. The molecule has 0 saturated carbocycles. The van der Waals surface area contributed by atoms with Gasteiger partial charge in [0.05, 0.1) is 81.1 Å². The molecule has 4 aromatic rings. The third kappa shape index (κ3) is 33.4. The number of nitrogen functional groups attached to an aromatic ring is 1. The van der Waals surface area contributed by atoms with Crippen molar-refractivity contribution >= 4 is 128 Å². The number of amides is 2. The number of unbranched alkanes of at least 4 members (excludes halogenated alkanes) is 3. The SMILES string of the molecule is CCCOC(=O)NCCOCCOCCNC(=O)CCCCC[N+]1=C(/C=C/C=C/C=C2\N(CC)c3ccccc3C2(C)C)C(C)(C)c2cc(C)ccc21.CCS(=S)CO[C@H]1C[C@H](n2cc(C#CCCC(=O)OCCCCOCSSC(C)(C)C)c3c(=O)[nH]c(N)nc32)O[C@@H]1COP(=O)(O)OP(=O)(O)OP(=O)(O)O.O=S(=O)=O. The van der Waals surface area contributed by atoms with Crippen molar-refractivity contribution in [1.82, 2.24) is 25.2 Å². The first-order valence-corrected chi connectivity index (χ1v) is 46.8. The number of H-pyrrole nitrogens is 1. The molecular formula is C72H108N8O24P3S5+. The van der Waals surface area contributed by atoms with Crippen molar-refractivity contribution in [2.75, 3.05) is 107 Å². The molecular weight excluding hydrogens is 1610 g/mol. The van der Waals surface area contributed by atoms with Crippen LogP contribution in [0.2, 0.25) is 0 Å². The van der Waals surface area contributed by atoms with Gasteiger partial charge in [0.1, 0.15) is 24.8 Å². The minimum atomic E-state index is -5.76. The van der Waals surface area contributed by atoms with Gasteiger partial charge < -0.3 is 78.6 Å². The van der Waals surface area contributed by atoms with Crippen molar-refractivity contribution in [2.45, 2.75) is 174 Å². The first kappa shape index (κ1) is 96.8. The third-order valence-corrected chi connectivity index (χ3v) is 25.7. The Labute approximate surface area is 671 Å². The highest BCUT2D eigenvalue weighted by Crippen LogP contribution is 2.66. The van der Waals surface area contributed by atoms with E-state index in [-0.39, 0.29) is 75.8 Å². The number of benzene rings is 2. The molecule has 0 aliphatic carbocycles. The normalized spacial score (nSPS) is 18.0. The summed E-state index contributed by atoms with van der Waals surface area (Å²) in [6, 6.07) is 15.5. The monoisotopic (exact) mass is 1720 g/mol. The van der Waals surface area contributed by atoms with Crippen LogP contribution in [0.25, 0.3) is 11.0 Å². The second-order valence-corrected chi connectivity index (χ2v) is 38.5. The highest BCUT2D eigenvalue weighted by Gasteiger charge is 2.46. The van der Waals surface area contributed by atoms with Gasteiger partial charge in [0.2, 0.25) is 17.5 Å². The number of carbonyl (C=O) groups is 3. The minimum Gasteiger partial charge on any atom is -0.466 e. The van der Waals surface area contributed by atoms with E-state index in [1.54, 1.807) is 21.6 Å². The number of hydrogen-bond acceptors (Lipinski definition) is 26. The Balaban J connectivity index is 0.000000382. The number of aryl methyl sites for hydroxylation is 1. The number of anilines is 2. The predicted octanol–water partition coefficient (Wildman–Crippen LogP) is 11.0. The molecule has 2 aromatic heterocycles. The molecule has 2 amide bonds. The quantitative estimate of drug-likeness (QED) is 0.00298. The van der Waals surface area contributed by atoms with Gasteiger partial charge in [-0.1, -0.05) is 139 Å². The molecule has 3 unspecified atom stereocenters. The predicted molar refractivity (Wildman–Crippen MR) is 435 cm³/mol. The number of esters is 1. The number of allylic oxidation sites excluding steroid dienone is 6. The number of phosphoric acid groups is 3. The molecule has 0 radical (unpaired) electrons. The lowest BCUT2D eigenvalue weighted by atomic mass is 9.81. The summed E-state index contributed by atoms with van der Waals surface area (Å²) in [5, 5.41) is 5.65. The summed E-state index contributed by atoms with van der Waals surface area (Å²) in [6.07, 6.45) is 14.8. The number of alkyl carbamates (subject to hydrolysis) is 1. The summed E-state index contributed by atoms with van der Waals surface area (Å²) in [5.41, 5.74) is 14.6. The van der Waals surface area contributed by atoms with Gasteiger partial charge in [-0.3, -0.25) is 23.9 Å². The van der Waals surface area contributed by atoms with Gasteiger partial charge >= 0.3 is 46.1 Å². The first-order valence-electron chi connectivity index (χ1n) is 36.4. The van der Waals surface area contributed by atoms with Gasteiger partial charge in [-0.05, 0) is 101 Å². The zero-order chi connectivity index (χ0) is 82.9. The van der Waals surface area contributed by atoms with Gasteiger partial charge in [-0.15, -0.1) is 12.6 Å². The van der Waals surface area contributed by atoms with E-state index in [0.717, 1.165) is 45.2 Å². The molecule has 3 aliphatic heterocycles. The van der Waals surface area contributed by atoms with Crippen molar-refractivity contribution in [1.29, 1.82) is 0 Å². The molecule has 1 fully saturated rings. The number of para-hydroxylation sites is 1. The number of fused-ring (bicyclic) bond motifs is 3. The van der Waals surface area contributed by atoms with Crippen LogP contribution in [0.5, 0.6) is 0 Å². The van der Waals surface area contributed by atoms with E-state index < -0.39 is 86.2 Å². The van der Waals surface area contributed by atoms with Crippen molar-refractivity contribution in [3.8, 4) is 11.8 Å². The molecule has 9 N–H and O–H groups in total. The van der Waals surface area contributed by atoms with Gasteiger partial charge in [-0.2, -0.15) is 18.2 Å². The Morgan fingerprint density at radius 2 is 1.54 bits per heavy atom. The van der Waals surface area contributed by atoms with Gasteiger partial charge in [0, 0.05) is 97.4 Å². The fourth-order valence-electron chi connectivity index (χ4n) is 11.8. The van der Waals surface area contributed by atoms with Crippen LogP contribution in [0.15, 0.2) is 89.5 Å². The van der Waals surface area contributed by atoms with Crippen LogP contribution in [-0.2, 0) is 112 Å². The molecule has 40 heteroatoms. The average Bonchev–Trinajstić information content (AvgIpc) is 1.53. The summed E-state index contributed by atoms with van der Waals surface area (Å²) in [4.78, 5) is 95.2. The largest absolute Gasteiger partial charge is 0.490 e. The Morgan fingerprint density at radius 3 is 2.22 bits per heavy atom. The van der Waals surface area contributed by atoms with Crippen LogP contribution < -0.4 is 26.8 Å². The maximum atomic E-state index is 13.0. The molecule has 3 aliphatic rings. The topological polar surface area (TPSA) is 434 Å². The minimum absolute atomic E-state index is 0.00860. The van der Waals surface area contributed by atoms with Gasteiger partial charge in [0.15, 0.2) is 11.4 Å². The van der Waals surface area contributed by atoms with Crippen molar-refractivity contribution in [3.05, 3.63) is 117 Å². The molecule has 0 bridgehead atoms. The number of aromatic amines is 1. The number of likely N-dealkylation sites (N-methyl/N-ethyl adjacent to an activating group) is 1. The number of nitrogens with two attached hydrogens (primary N) is 1. The van der Waals surface area contributed by atoms with E-state index in [1.165, 1.54) is 50.2 Å². The fourth-order valence-corrected chi connectivity index (χ4v) is 17.5. The summed E-state index contributed by atoms with van der Waals surface area (Å²) in [5.74, 6) is 6.44. The van der Waals surface area contributed by atoms with E-state index in [0.29, 0.717) is 77.3 Å². The molecule has 112 heavy (non-hydrogen) atoms. The van der Waals surface area contributed by atoms with Crippen LogP contribution >= 0.6 is 45.1 Å². The molecule has 7 rings (SSSR count). The maximum absolute atomic E-state index is 13.0. The van der Waals surface area contributed by atoms with Crippen molar-refractivity contribution < 1.29 is 111 Å². The lowest BCUT2D eigenvalue weighted by molar-refractivity contribution is -0.438. The summed E-state index contributed by atoms with van der Waals surface area (Å²) in [7, 11) is -17.1. The van der Waals surface area contributed by atoms with E-state index in [2.05, 4.69) is 186 Å². The number of aromatic nitrogens is 3. The van der Waals surface area contributed by atoms with Crippen LogP contribution in [0.3, 0.4) is 0 Å². The summed E-state index contributed by atoms with van der Waals surface area (Å²) in [6.45, 7) is 28.7. The first-order chi connectivity index (χ1) is 52.8. The number of nitrogens with one attached hydrogen (secondary N) is 3. The average molecular weight is 1720 g/mol. The highest BCUT2D eigenvalue weighted by molar-refractivity contribution is 8.77. The van der Waals surface area contributed by atoms with E-state index in [9.17, 15) is 42.7 Å². The van der Waals surface area contributed by atoms with Crippen LogP contribution in [-0.4, -0.2) is 189 Å². The Morgan fingerprint density at radius 1 is 0.848 bits per heavy atom. The van der Waals surface area contributed by atoms with Crippen LogP contribution in [0, 0.1) is 18.8 Å². The number of nitrogens with zero attached hydrogens (tertiary/aromatic N) is 4. The van der Waals surface area contributed by atoms with Gasteiger partial charge in [0.25, 0.3) is 5.56 Å². The van der Waals surface area contributed by atoms with Crippen LogP contribution in [0.4, 0.5) is 22.1 Å². The third-order valence-electron chi connectivity index (χ3n) is 16.9. The number of ether oxygens (including phenoxy) is 7. The van der Waals surface area contributed by atoms with Crippen molar-refractivity contribution in [3.63, 3.8) is 0 Å². The molecule has 5 heterocycles. The summed E-state index contributed by atoms with van der Waals surface area (Å²) >= 11 is 5.35. The lowest BCUT2D eigenvalue weighted by Crippen LogP contribution is -2.30. The standard InChI is InChI=1S/C44H62N4O5.C28H45N4O16P3S4.O3S/c1-8-28-53-42(50)46-26-30-52-32-31-51-29-25-45-41(49)22-14-11-17-27-48-38-24-23-34(3)33-36(38)44(6,7)40(48)21-13-10-12-20-39-43(4,5)35-18-15-16-19-37(35)47(39)9-2;1-5-55(52)18-44-20-14-22(46-21(20)16-45-50(38,39)48-51(40,41)47-49(35,36)37)32-15-19(24-25(32)30-27(29)31-26(24)34)10-6-7-11-23(33)43-13-9-8-12-42-17-53-54-28(2,3)4;1-4(2)3/h10,12-13,15-16,18-21,23-24,33H,8-9,11,14,17,22,25-32H2,1-7H3,(H-,45,46,49,50);15,20-22H,5,7-9,11-14,16-18H2,1-4H3,(H,38,39)(H,40,41)(H2,35,36,37)(H3,29,30,31,34);/p+1/t;20-,21+,22+,55?;/m.0./s1. The number of hydrogen-bond donors (Lipinski definition) is 8. The lowest BCUT2D eigenvalue weighted by Gasteiger charge is -2.25. The Hall–Kier alpha value is -5.78. The Kier molecular flexibility index (Phi) is 41.0. The number of carbonyl (C=O) groups excluding carboxylic acids is 3. The van der Waals surface area contributed by atoms with E-state index in [4.69, 9.17) is 77.0 Å². The molecule has 6 atom stereocenters. The molecule has 0 spiro atoms. The molecule has 2 aromatic carbocycles. The number of phosphoric ester groups is 1. The van der Waals surface area contributed by atoms with Crippen molar-refractivity contribution in [2.24, 2.45) is 0 Å². The second kappa shape index (κ2) is 47.4. The fraction of sp³-hybridized carbons (Fsp3) is 0.583. The zero-order valence-corrected chi connectivity index (χ0v) is 71.9.